The first-order valence-electron chi connectivity index (χ1n) is 8.06. The monoisotopic (exact) mass is 343 g/mol. The Labute approximate surface area is 141 Å². The summed E-state index contributed by atoms with van der Waals surface area (Å²) in [5.74, 6) is -0.455. The molecule has 0 radical (unpaired) electrons. The molecule has 1 aliphatic rings. The van der Waals surface area contributed by atoms with E-state index in [-0.39, 0.29) is 17.1 Å². The summed E-state index contributed by atoms with van der Waals surface area (Å²) in [7, 11) is 0. The van der Waals surface area contributed by atoms with Crippen LogP contribution in [-0.4, -0.2) is 53.7 Å². The number of hydrogen-bond donors (Lipinski definition) is 3. The van der Waals surface area contributed by atoms with Crippen molar-refractivity contribution in [2.45, 2.75) is 19.4 Å². The van der Waals surface area contributed by atoms with Gasteiger partial charge in [-0.1, -0.05) is 0 Å². The van der Waals surface area contributed by atoms with Gasteiger partial charge < -0.3 is 10.4 Å². The highest BCUT2D eigenvalue weighted by Crippen LogP contribution is 2.16. The molecule has 3 aromatic heterocycles. The molecule has 0 unspecified atom stereocenters. The number of nitrogens with one attached hydrogen (secondary N) is 2. The summed E-state index contributed by atoms with van der Waals surface area (Å²) in [5.41, 5.74) is 0.580. The third-order valence-electron chi connectivity index (χ3n) is 4.42. The molecule has 1 saturated heterocycles. The number of hydrogen-bond acceptors (Lipinski definition) is 6. The number of H-pyrrole nitrogens is 1. The lowest BCUT2D eigenvalue weighted by atomic mass is 9.98. The number of nitrogens with zero attached hydrogens (tertiary/aromatic N) is 5. The van der Waals surface area contributed by atoms with E-state index in [1.54, 1.807) is 10.9 Å². The van der Waals surface area contributed by atoms with Gasteiger partial charge in [-0.15, -0.1) is 0 Å². The largest absolute Gasteiger partial charge is 0.478 e. The lowest BCUT2D eigenvalue weighted by Gasteiger charge is -2.22. The quantitative estimate of drug-likeness (QED) is 0.608. The minimum atomic E-state index is -1.09. The highest BCUT2D eigenvalue weighted by atomic mass is 16.4. The van der Waals surface area contributed by atoms with Crippen LogP contribution in [0.2, 0.25) is 0 Å². The van der Waals surface area contributed by atoms with Crippen LogP contribution in [0.25, 0.3) is 17.0 Å². The molecule has 3 N–H and O–H groups in total. The summed E-state index contributed by atoms with van der Waals surface area (Å²) in [5, 5.41) is 20.5. The van der Waals surface area contributed by atoms with Crippen LogP contribution in [0.15, 0.2) is 23.4 Å². The van der Waals surface area contributed by atoms with Gasteiger partial charge in [0.05, 0.1) is 18.0 Å². The maximum absolute atomic E-state index is 12.5. The molecule has 1 fully saturated rings. The SMILES string of the molecule is O=C(O)c1cnn(-c2nc3cnn(CC4CCNCC4)c3c(=O)[nH]2)c1. The standard InChI is InChI=1S/C15H17N7O3/c23-13-12-11(6-18-21(12)7-9-1-3-16-4-2-9)19-15(20-13)22-8-10(5-17-22)14(24)25/h5-6,8-9,16H,1-4,7H2,(H,24,25)(H,19,20,23). The van der Waals surface area contributed by atoms with Gasteiger partial charge >= 0.3 is 5.97 Å². The third kappa shape index (κ3) is 2.91. The number of fused-ring (bicyclic) bond motifs is 1. The normalized spacial score (nSPS) is 15.7. The molecule has 10 heteroatoms. The molecular formula is C15H17N7O3. The summed E-state index contributed by atoms with van der Waals surface area (Å²) in [6.07, 6.45) is 6.15. The average molecular weight is 343 g/mol. The van der Waals surface area contributed by atoms with Gasteiger partial charge in [-0.2, -0.15) is 10.2 Å². The molecular weight excluding hydrogens is 326 g/mol. The molecule has 0 atom stereocenters. The van der Waals surface area contributed by atoms with E-state index in [0.717, 1.165) is 25.9 Å². The van der Waals surface area contributed by atoms with Gasteiger partial charge in [0.1, 0.15) is 5.52 Å². The summed E-state index contributed by atoms with van der Waals surface area (Å²) >= 11 is 0. The lowest BCUT2D eigenvalue weighted by molar-refractivity contribution is 0.0697. The van der Waals surface area contributed by atoms with E-state index in [0.29, 0.717) is 23.5 Å². The molecule has 25 heavy (non-hydrogen) atoms. The summed E-state index contributed by atoms with van der Waals surface area (Å²) in [6.45, 7) is 2.64. The van der Waals surface area contributed by atoms with Crippen molar-refractivity contribution in [1.82, 2.24) is 34.8 Å². The van der Waals surface area contributed by atoms with Crippen LogP contribution >= 0.6 is 0 Å². The number of carbonyl (C=O) groups is 1. The van der Waals surface area contributed by atoms with E-state index in [1.165, 1.54) is 17.1 Å². The fourth-order valence-electron chi connectivity index (χ4n) is 3.10. The van der Waals surface area contributed by atoms with Gasteiger partial charge in [0.2, 0.25) is 5.95 Å². The van der Waals surface area contributed by atoms with Crippen LogP contribution < -0.4 is 10.9 Å². The summed E-state index contributed by atoms with van der Waals surface area (Å²) in [6, 6.07) is 0. The van der Waals surface area contributed by atoms with Crippen LogP contribution in [-0.2, 0) is 6.54 Å². The van der Waals surface area contributed by atoms with E-state index in [9.17, 15) is 9.59 Å². The second-order valence-corrected chi connectivity index (χ2v) is 6.12. The molecule has 0 amide bonds. The van der Waals surface area contributed by atoms with Gasteiger partial charge in [-0.05, 0) is 31.8 Å². The van der Waals surface area contributed by atoms with Crippen molar-refractivity contribution >= 4 is 17.0 Å². The predicted octanol–water partition coefficient (Wildman–Crippen LogP) is 0.00310. The Hall–Kier alpha value is -3.01. The van der Waals surface area contributed by atoms with Crippen LogP contribution in [0, 0.1) is 5.92 Å². The zero-order chi connectivity index (χ0) is 17.4. The third-order valence-corrected chi connectivity index (χ3v) is 4.42. The van der Waals surface area contributed by atoms with E-state index < -0.39 is 5.97 Å². The van der Waals surface area contributed by atoms with E-state index >= 15 is 0 Å². The van der Waals surface area contributed by atoms with Gasteiger partial charge in [0.25, 0.3) is 5.56 Å². The topological polar surface area (TPSA) is 131 Å². The van der Waals surface area contributed by atoms with E-state index in [1.807, 2.05) is 0 Å². The average Bonchev–Trinajstić information content (AvgIpc) is 3.23. The second kappa shape index (κ2) is 6.13. The Bertz CT molecular complexity index is 981. The van der Waals surface area contributed by atoms with Crippen molar-refractivity contribution in [1.29, 1.82) is 0 Å². The van der Waals surface area contributed by atoms with Crippen molar-refractivity contribution < 1.29 is 9.90 Å². The van der Waals surface area contributed by atoms with Crippen LogP contribution in [0.4, 0.5) is 0 Å². The Morgan fingerprint density at radius 1 is 1.28 bits per heavy atom. The van der Waals surface area contributed by atoms with Crippen LogP contribution in [0.5, 0.6) is 0 Å². The number of carboxylic acid groups (broad SMARTS) is 1. The predicted molar refractivity (Wildman–Crippen MR) is 87.8 cm³/mol. The molecule has 0 spiro atoms. The van der Waals surface area contributed by atoms with E-state index in [2.05, 4.69) is 25.5 Å². The highest BCUT2D eigenvalue weighted by molar-refractivity contribution is 5.87. The summed E-state index contributed by atoms with van der Waals surface area (Å²) < 4.78 is 2.93. The number of carboxylic acids is 1. The molecule has 0 aliphatic carbocycles. The first-order chi connectivity index (χ1) is 12.1. The first-order valence-corrected chi connectivity index (χ1v) is 8.06. The molecule has 0 aromatic carbocycles. The minimum Gasteiger partial charge on any atom is -0.478 e. The molecule has 4 rings (SSSR count). The molecule has 0 bridgehead atoms. The highest BCUT2D eigenvalue weighted by Gasteiger charge is 2.18. The zero-order valence-corrected chi connectivity index (χ0v) is 13.3. The molecule has 3 aromatic rings. The molecule has 1 aliphatic heterocycles. The number of piperidine rings is 1. The molecule has 0 saturated carbocycles. The van der Waals surface area contributed by atoms with Crippen molar-refractivity contribution in [3.05, 3.63) is 34.5 Å². The summed E-state index contributed by atoms with van der Waals surface area (Å²) in [4.78, 5) is 30.5. The first kappa shape index (κ1) is 15.5. The molecule has 10 nitrogen and oxygen atoms in total. The maximum atomic E-state index is 12.5. The van der Waals surface area contributed by atoms with Crippen molar-refractivity contribution in [2.24, 2.45) is 5.92 Å². The number of aromatic nitrogens is 6. The molecule has 4 heterocycles. The van der Waals surface area contributed by atoms with Crippen molar-refractivity contribution in [3.63, 3.8) is 0 Å². The Morgan fingerprint density at radius 3 is 2.80 bits per heavy atom. The van der Waals surface area contributed by atoms with Crippen LogP contribution in [0.3, 0.4) is 0 Å². The Morgan fingerprint density at radius 2 is 2.08 bits per heavy atom. The Kier molecular flexibility index (Phi) is 3.80. The zero-order valence-electron chi connectivity index (χ0n) is 13.3. The molecule has 130 valence electrons. The van der Waals surface area contributed by atoms with Gasteiger partial charge in [-0.3, -0.25) is 14.5 Å². The Balaban J connectivity index is 1.68. The fourth-order valence-corrected chi connectivity index (χ4v) is 3.10. The smallest absolute Gasteiger partial charge is 0.338 e. The van der Waals surface area contributed by atoms with E-state index in [4.69, 9.17) is 5.11 Å². The van der Waals surface area contributed by atoms with Gasteiger partial charge in [0.15, 0.2) is 5.52 Å². The van der Waals surface area contributed by atoms with Gasteiger partial charge in [0, 0.05) is 12.7 Å². The minimum absolute atomic E-state index is 0.0179. The second-order valence-electron chi connectivity index (χ2n) is 6.12. The number of aromatic amines is 1. The fraction of sp³-hybridized carbons (Fsp3) is 0.400. The number of aromatic carboxylic acids is 1. The van der Waals surface area contributed by atoms with Crippen molar-refractivity contribution in [2.75, 3.05) is 13.1 Å². The lowest BCUT2D eigenvalue weighted by Crippen LogP contribution is -2.30. The van der Waals surface area contributed by atoms with Crippen LogP contribution in [0.1, 0.15) is 23.2 Å². The van der Waals surface area contributed by atoms with Gasteiger partial charge in [-0.25, -0.2) is 14.5 Å². The number of rotatable bonds is 4. The van der Waals surface area contributed by atoms with Crippen molar-refractivity contribution in [3.8, 4) is 5.95 Å². The maximum Gasteiger partial charge on any atom is 0.338 e.